The van der Waals surface area contributed by atoms with E-state index in [1.807, 2.05) is 48.2 Å². The van der Waals surface area contributed by atoms with Gasteiger partial charge < -0.3 is 5.11 Å². The summed E-state index contributed by atoms with van der Waals surface area (Å²) in [7, 11) is 0. The van der Waals surface area contributed by atoms with E-state index in [1.54, 1.807) is 0 Å². The number of anilines is 1. The third-order valence-electron chi connectivity index (χ3n) is 2.91. The van der Waals surface area contributed by atoms with Gasteiger partial charge in [-0.1, -0.05) is 25.1 Å². The Morgan fingerprint density at radius 1 is 1.30 bits per heavy atom. The number of aliphatic hydroxyl groups is 1. The molecule has 0 aliphatic rings. The number of carbonyl (C=O) groups excluding carboxylic acids is 1. The van der Waals surface area contributed by atoms with Gasteiger partial charge in [0.1, 0.15) is 6.54 Å². The van der Waals surface area contributed by atoms with E-state index in [1.165, 1.54) is 4.90 Å². The van der Waals surface area contributed by atoms with E-state index in [4.69, 9.17) is 10.4 Å². The van der Waals surface area contributed by atoms with Crippen molar-refractivity contribution in [3.8, 4) is 6.07 Å². The summed E-state index contributed by atoms with van der Waals surface area (Å²) >= 11 is 0. The van der Waals surface area contributed by atoms with Crippen molar-refractivity contribution >= 4 is 11.6 Å². The Bertz CT molecular complexity index is 436. The molecule has 0 bridgehead atoms. The molecular formula is C15H21N3O2. The summed E-state index contributed by atoms with van der Waals surface area (Å²) in [6, 6.07) is 11.2. The molecule has 5 heteroatoms. The highest BCUT2D eigenvalue weighted by Crippen LogP contribution is 2.13. The zero-order chi connectivity index (χ0) is 14.8. The summed E-state index contributed by atoms with van der Waals surface area (Å²) in [4.78, 5) is 15.7. The van der Waals surface area contributed by atoms with Gasteiger partial charge in [0, 0.05) is 12.2 Å². The van der Waals surface area contributed by atoms with E-state index < -0.39 is 0 Å². The fraction of sp³-hybridized carbons (Fsp3) is 0.467. The highest BCUT2D eigenvalue weighted by molar-refractivity contribution is 5.95. The minimum absolute atomic E-state index is 0.0247. The van der Waals surface area contributed by atoms with Crippen LogP contribution in [0.4, 0.5) is 5.69 Å². The first kappa shape index (κ1) is 16.2. The van der Waals surface area contributed by atoms with Gasteiger partial charge in [-0.05, 0) is 25.1 Å². The number of nitriles is 1. The minimum atomic E-state index is -0.125. The minimum Gasteiger partial charge on any atom is -0.395 e. The van der Waals surface area contributed by atoms with Crippen LogP contribution in [0, 0.1) is 11.3 Å². The fourth-order valence-electron chi connectivity index (χ4n) is 2.01. The van der Waals surface area contributed by atoms with E-state index in [0.29, 0.717) is 6.54 Å². The average molecular weight is 275 g/mol. The van der Waals surface area contributed by atoms with Crippen molar-refractivity contribution in [1.29, 1.82) is 5.26 Å². The van der Waals surface area contributed by atoms with Crippen LogP contribution in [-0.4, -0.2) is 48.7 Å². The van der Waals surface area contributed by atoms with Crippen LogP contribution in [0.2, 0.25) is 0 Å². The average Bonchev–Trinajstić information content (AvgIpc) is 2.46. The SMILES string of the molecule is CCCN(CCO)CC(=O)N(CC#N)c1ccccc1. The Hall–Kier alpha value is -1.90. The van der Waals surface area contributed by atoms with E-state index in [2.05, 4.69) is 0 Å². The Balaban J connectivity index is 2.76. The maximum absolute atomic E-state index is 12.3. The topological polar surface area (TPSA) is 67.6 Å². The molecule has 0 aliphatic carbocycles. The third-order valence-corrected chi connectivity index (χ3v) is 2.91. The molecule has 1 amide bonds. The van der Waals surface area contributed by atoms with Crippen LogP contribution in [-0.2, 0) is 4.79 Å². The van der Waals surface area contributed by atoms with Gasteiger partial charge in [-0.2, -0.15) is 5.26 Å². The fourth-order valence-corrected chi connectivity index (χ4v) is 2.01. The van der Waals surface area contributed by atoms with Gasteiger partial charge in [0.25, 0.3) is 0 Å². The van der Waals surface area contributed by atoms with Crippen molar-refractivity contribution in [2.24, 2.45) is 0 Å². The monoisotopic (exact) mass is 275 g/mol. The van der Waals surface area contributed by atoms with Gasteiger partial charge in [0.05, 0.1) is 19.2 Å². The number of nitrogens with zero attached hydrogens (tertiary/aromatic N) is 3. The van der Waals surface area contributed by atoms with Crippen molar-refractivity contribution in [2.75, 3.05) is 37.7 Å². The van der Waals surface area contributed by atoms with Crippen molar-refractivity contribution in [2.45, 2.75) is 13.3 Å². The summed E-state index contributed by atoms with van der Waals surface area (Å²) in [6.07, 6.45) is 0.914. The van der Waals surface area contributed by atoms with Gasteiger partial charge in [-0.15, -0.1) is 0 Å². The van der Waals surface area contributed by atoms with Crippen molar-refractivity contribution in [3.63, 3.8) is 0 Å². The highest BCUT2D eigenvalue weighted by Gasteiger charge is 2.18. The normalized spacial score (nSPS) is 10.3. The van der Waals surface area contributed by atoms with Crippen LogP contribution >= 0.6 is 0 Å². The molecule has 108 valence electrons. The first-order chi connectivity index (χ1) is 9.72. The van der Waals surface area contributed by atoms with Crippen LogP contribution in [0.25, 0.3) is 0 Å². The number of para-hydroxylation sites is 1. The number of amides is 1. The molecule has 0 aliphatic heterocycles. The van der Waals surface area contributed by atoms with Gasteiger partial charge in [-0.25, -0.2) is 0 Å². The van der Waals surface area contributed by atoms with Crippen LogP contribution < -0.4 is 4.90 Å². The second-order valence-corrected chi connectivity index (χ2v) is 4.47. The lowest BCUT2D eigenvalue weighted by molar-refractivity contribution is -0.119. The molecule has 0 unspecified atom stereocenters. The molecule has 20 heavy (non-hydrogen) atoms. The van der Waals surface area contributed by atoms with Crippen LogP contribution in [0.3, 0.4) is 0 Å². The van der Waals surface area contributed by atoms with E-state index >= 15 is 0 Å². The van der Waals surface area contributed by atoms with Crippen molar-refractivity contribution in [1.82, 2.24) is 4.90 Å². The summed E-state index contributed by atoms with van der Waals surface area (Å²) in [6.45, 7) is 3.51. The quantitative estimate of drug-likeness (QED) is 0.725. The van der Waals surface area contributed by atoms with Gasteiger partial charge in [-0.3, -0.25) is 14.6 Å². The maximum Gasteiger partial charge on any atom is 0.242 e. The van der Waals surface area contributed by atoms with Gasteiger partial charge >= 0.3 is 0 Å². The molecule has 0 heterocycles. The molecule has 0 saturated heterocycles. The third kappa shape index (κ3) is 5.00. The Labute approximate surface area is 120 Å². The Morgan fingerprint density at radius 2 is 2.00 bits per heavy atom. The second-order valence-electron chi connectivity index (χ2n) is 4.47. The zero-order valence-electron chi connectivity index (χ0n) is 11.8. The van der Waals surface area contributed by atoms with E-state index in [9.17, 15) is 4.79 Å². The molecule has 0 aromatic heterocycles. The molecule has 1 N–H and O–H groups in total. The largest absolute Gasteiger partial charge is 0.395 e. The predicted octanol–water partition coefficient (Wildman–Crippen LogP) is 1.25. The van der Waals surface area contributed by atoms with Gasteiger partial charge in [0.15, 0.2) is 0 Å². The molecule has 1 aromatic rings. The molecule has 0 fully saturated rings. The van der Waals surface area contributed by atoms with Crippen molar-refractivity contribution < 1.29 is 9.90 Å². The number of carbonyl (C=O) groups is 1. The van der Waals surface area contributed by atoms with Crippen LogP contribution in [0.1, 0.15) is 13.3 Å². The highest BCUT2D eigenvalue weighted by atomic mass is 16.3. The molecule has 0 atom stereocenters. The number of aliphatic hydroxyl groups excluding tert-OH is 1. The molecule has 0 saturated carbocycles. The standard InChI is InChI=1S/C15H21N3O2/c1-2-9-17(11-12-19)13-15(20)18(10-8-16)14-6-4-3-5-7-14/h3-7,19H,2,9-13H2,1H3. The van der Waals surface area contributed by atoms with Crippen molar-refractivity contribution in [3.05, 3.63) is 30.3 Å². The molecule has 1 aromatic carbocycles. The summed E-state index contributed by atoms with van der Waals surface area (Å²) < 4.78 is 0. The molecule has 0 spiro atoms. The second kappa shape index (κ2) is 9.08. The summed E-state index contributed by atoms with van der Waals surface area (Å²) in [5.41, 5.74) is 0.722. The zero-order valence-corrected chi connectivity index (χ0v) is 11.8. The number of rotatable bonds is 8. The lowest BCUT2D eigenvalue weighted by Gasteiger charge is -2.25. The molecule has 5 nitrogen and oxygen atoms in total. The lowest BCUT2D eigenvalue weighted by atomic mass is 10.2. The summed E-state index contributed by atoms with van der Waals surface area (Å²) in [5.74, 6) is -0.125. The first-order valence-electron chi connectivity index (χ1n) is 6.78. The Morgan fingerprint density at radius 3 is 2.55 bits per heavy atom. The first-order valence-corrected chi connectivity index (χ1v) is 6.78. The number of hydrogen-bond acceptors (Lipinski definition) is 4. The van der Waals surface area contributed by atoms with E-state index in [0.717, 1.165) is 18.7 Å². The number of benzene rings is 1. The smallest absolute Gasteiger partial charge is 0.242 e. The maximum atomic E-state index is 12.3. The van der Waals surface area contributed by atoms with Crippen LogP contribution in [0.5, 0.6) is 0 Å². The molecular weight excluding hydrogens is 254 g/mol. The molecule has 1 rings (SSSR count). The van der Waals surface area contributed by atoms with Crippen LogP contribution in [0.15, 0.2) is 30.3 Å². The lowest BCUT2D eigenvalue weighted by Crippen LogP contribution is -2.42. The molecule has 0 radical (unpaired) electrons. The van der Waals surface area contributed by atoms with Gasteiger partial charge in [0.2, 0.25) is 5.91 Å². The predicted molar refractivity (Wildman–Crippen MR) is 78.2 cm³/mol. The summed E-state index contributed by atoms with van der Waals surface area (Å²) in [5, 5.41) is 17.9. The number of hydrogen-bond donors (Lipinski definition) is 1. The Kier molecular flexibility index (Phi) is 7.33. The van der Waals surface area contributed by atoms with E-state index in [-0.39, 0.29) is 25.6 Å².